The zero-order valence-electron chi connectivity index (χ0n) is 8.83. The van der Waals surface area contributed by atoms with E-state index in [1.165, 1.54) is 12.3 Å². The van der Waals surface area contributed by atoms with Crippen LogP contribution in [-0.2, 0) is 11.3 Å². The van der Waals surface area contributed by atoms with Gasteiger partial charge in [0.2, 0.25) is 0 Å². The number of hydrogen-bond donors (Lipinski definition) is 2. The maximum atomic E-state index is 13.8. The Morgan fingerprint density at radius 2 is 2.25 bits per heavy atom. The first-order valence-electron chi connectivity index (χ1n) is 4.79. The fourth-order valence-electron chi connectivity index (χ4n) is 1.54. The summed E-state index contributed by atoms with van der Waals surface area (Å²) in [5.74, 6) is 0.0287. The van der Waals surface area contributed by atoms with Crippen LogP contribution in [0.2, 0.25) is 0 Å². The van der Waals surface area contributed by atoms with Gasteiger partial charge >= 0.3 is 0 Å². The van der Waals surface area contributed by atoms with Gasteiger partial charge in [0.25, 0.3) is 0 Å². The van der Waals surface area contributed by atoms with E-state index in [-0.39, 0.29) is 5.82 Å². The molecular weight excluding hydrogens is 209 g/mol. The van der Waals surface area contributed by atoms with Gasteiger partial charge in [-0.3, -0.25) is 5.10 Å². The molecule has 84 valence electrons. The minimum atomic E-state index is -0.331. The Morgan fingerprint density at radius 3 is 2.81 bits per heavy atom. The van der Waals surface area contributed by atoms with Gasteiger partial charge < -0.3 is 10.5 Å². The van der Waals surface area contributed by atoms with Crippen LogP contribution in [0, 0.1) is 5.82 Å². The van der Waals surface area contributed by atoms with E-state index in [4.69, 9.17) is 10.5 Å². The van der Waals surface area contributed by atoms with Crippen molar-refractivity contribution in [3.05, 3.63) is 35.8 Å². The average molecular weight is 221 g/mol. The molecule has 0 radical (unpaired) electrons. The Balaban J connectivity index is 2.40. The van der Waals surface area contributed by atoms with E-state index >= 15 is 0 Å². The van der Waals surface area contributed by atoms with Gasteiger partial charge in [-0.1, -0.05) is 12.1 Å². The number of methoxy groups -OCH3 is 1. The third-order valence-electron chi connectivity index (χ3n) is 2.30. The average Bonchev–Trinajstić information content (AvgIpc) is 2.65. The molecule has 0 saturated carbocycles. The highest BCUT2D eigenvalue weighted by atomic mass is 19.1. The number of anilines is 1. The van der Waals surface area contributed by atoms with E-state index in [0.29, 0.717) is 23.6 Å². The molecule has 0 aliphatic rings. The second-order valence-corrected chi connectivity index (χ2v) is 3.44. The van der Waals surface area contributed by atoms with Gasteiger partial charge in [0.15, 0.2) is 0 Å². The molecule has 0 spiro atoms. The lowest BCUT2D eigenvalue weighted by atomic mass is 10.1. The molecule has 16 heavy (non-hydrogen) atoms. The Kier molecular flexibility index (Phi) is 2.87. The minimum absolute atomic E-state index is 0.331. The van der Waals surface area contributed by atoms with Crippen LogP contribution in [0.3, 0.4) is 0 Å². The SMILES string of the molecule is COCc1ccc(-c2cn[nH]c2N)c(F)c1. The third-order valence-corrected chi connectivity index (χ3v) is 2.30. The molecule has 5 heteroatoms. The molecule has 0 unspecified atom stereocenters. The van der Waals surface area contributed by atoms with Gasteiger partial charge in [-0.15, -0.1) is 0 Å². The van der Waals surface area contributed by atoms with Crippen LogP contribution >= 0.6 is 0 Å². The first kappa shape index (κ1) is 10.6. The maximum absolute atomic E-state index is 13.8. The summed E-state index contributed by atoms with van der Waals surface area (Å²) in [5, 5.41) is 6.33. The smallest absolute Gasteiger partial charge is 0.131 e. The Morgan fingerprint density at radius 1 is 1.44 bits per heavy atom. The predicted molar refractivity (Wildman–Crippen MR) is 59.1 cm³/mol. The van der Waals surface area contributed by atoms with Crippen molar-refractivity contribution < 1.29 is 9.13 Å². The molecule has 1 aromatic heterocycles. The largest absolute Gasteiger partial charge is 0.384 e. The van der Waals surface area contributed by atoms with E-state index in [1.54, 1.807) is 19.2 Å². The summed E-state index contributed by atoms with van der Waals surface area (Å²) in [6.45, 7) is 0.387. The Hall–Kier alpha value is -1.88. The molecule has 2 rings (SSSR count). The van der Waals surface area contributed by atoms with Crippen molar-refractivity contribution in [1.82, 2.24) is 10.2 Å². The van der Waals surface area contributed by atoms with Crippen LogP contribution in [0.15, 0.2) is 24.4 Å². The van der Waals surface area contributed by atoms with Crippen molar-refractivity contribution in [1.29, 1.82) is 0 Å². The second kappa shape index (κ2) is 4.32. The molecule has 0 fully saturated rings. The number of nitrogen functional groups attached to an aromatic ring is 1. The number of aromatic nitrogens is 2. The summed E-state index contributed by atoms with van der Waals surface area (Å²) in [4.78, 5) is 0. The quantitative estimate of drug-likeness (QED) is 0.832. The molecule has 0 atom stereocenters. The summed E-state index contributed by atoms with van der Waals surface area (Å²) in [6.07, 6.45) is 1.50. The molecule has 0 saturated heterocycles. The number of halogens is 1. The van der Waals surface area contributed by atoms with E-state index in [1.807, 2.05) is 0 Å². The fourth-order valence-corrected chi connectivity index (χ4v) is 1.54. The molecule has 0 bridgehead atoms. The number of aromatic amines is 1. The zero-order valence-corrected chi connectivity index (χ0v) is 8.83. The number of nitrogens with two attached hydrogens (primary N) is 1. The molecule has 0 aliphatic heterocycles. The standard InChI is InChI=1S/C11H12FN3O/c1-16-6-7-2-3-8(10(12)4-7)9-5-14-15-11(9)13/h2-5H,6H2,1H3,(H3,13,14,15). The van der Waals surface area contributed by atoms with Gasteiger partial charge in [0, 0.05) is 18.2 Å². The number of H-pyrrole nitrogens is 1. The number of nitrogens with one attached hydrogen (secondary N) is 1. The Labute approximate surface area is 92.2 Å². The normalized spacial score (nSPS) is 10.6. The Bertz CT molecular complexity index is 496. The number of nitrogens with zero attached hydrogens (tertiary/aromatic N) is 1. The molecule has 1 heterocycles. The molecule has 0 aliphatic carbocycles. The van der Waals surface area contributed by atoms with Crippen molar-refractivity contribution in [2.45, 2.75) is 6.61 Å². The van der Waals surface area contributed by atoms with Gasteiger partial charge in [0.05, 0.1) is 12.8 Å². The maximum Gasteiger partial charge on any atom is 0.131 e. The van der Waals surface area contributed by atoms with Gasteiger partial charge in [-0.25, -0.2) is 4.39 Å². The van der Waals surface area contributed by atoms with Crippen molar-refractivity contribution in [2.24, 2.45) is 0 Å². The molecule has 3 N–H and O–H groups in total. The summed E-state index contributed by atoms with van der Waals surface area (Å²) in [5.41, 5.74) is 7.42. The molecule has 1 aromatic carbocycles. The lowest BCUT2D eigenvalue weighted by Gasteiger charge is -2.04. The third kappa shape index (κ3) is 1.90. The number of hydrogen-bond acceptors (Lipinski definition) is 3. The van der Waals surface area contributed by atoms with Gasteiger partial charge in [0.1, 0.15) is 11.6 Å². The summed E-state index contributed by atoms with van der Waals surface area (Å²) in [6, 6.07) is 4.91. The van der Waals surface area contributed by atoms with E-state index in [9.17, 15) is 4.39 Å². The van der Waals surface area contributed by atoms with Crippen molar-refractivity contribution in [3.63, 3.8) is 0 Å². The summed E-state index contributed by atoms with van der Waals surface area (Å²) >= 11 is 0. The second-order valence-electron chi connectivity index (χ2n) is 3.44. The molecular formula is C11H12FN3O. The highest BCUT2D eigenvalue weighted by molar-refractivity contribution is 5.73. The number of rotatable bonds is 3. The zero-order chi connectivity index (χ0) is 11.5. The van der Waals surface area contributed by atoms with Gasteiger partial charge in [-0.05, 0) is 11.6 Å². The van der Waals surface area contributed by atoms with Crippen LogP contribution in [0.1, 0.15) is 5.56 Å². The number of benzene rings is 1. The van der Waals surface area contributed by atoms with E-state index in [2.05, 4.69) is 10.2 Å². The van der Waals surface area contributed by atoms with Crippen molar-refractivity contribution >= 4 is 5.82 Å². The number of ether oxygens (including phenoxy) is 1. The van der Waals surface area contributed by atoms with Crippen LogP contribution < -0.4 is 5.73 Å². The van der Waals surface area contributed by atoms with E-state index in [0.717, 1.165) is 5.56 Å². The predicted octanol–water partition coefficient (Wildman–Crippen LogP) is 1.94. The first-order valence-corrected chi connectivity index (χ1v) is 4.79. The lowest BCUT2D eigenvalue weighted by molar-refractivity contribution is 0.184. The monoisotopic (exact) mass is 221 g/mol. The topological polar surface area (TPSA) is 63.9 Å². The van der Waals surface area contributed by atoms with Gasteiger partial charge in [-0.2, -0.15) is 5.10 Å². The van der Waals surface area contributed by atoms with Crippen LogP contribution in [0.5, 0.6) is 0 Å². The highest BCUT2D eigenvalue weighted by Gasteiger charge is 2.10. The molecule has 0 amide bonds. The van der Waals surface area contributed by atoms with Crippen molar-refractivity contribution in [2.75, 3.05) is 12.8 Å². The van der Waals surface area contributed by atoms with Crippen molar-refractivity contribution in [3.8, 4) is 11.1 Å². The van der Waals surface area contributed by atoms with E-state index < -0.39 is 0 Å². The summed E-state index contributed by atoms with van der Waals surface area (Å²) in [7, 11) is 1.57. The molecule has 2 aromatic rings. The summed E-state index contributed by atoms with van der Waals surface area (Å²) < 4.78 is 18.7. The lowest BCUT2D eigenvalue weighted by Crippen LogP contribution is -1.93. The van der Waals surface area contributed by atoms with Crippen LogP contribution in [0.4, 0.5) is 10.2 Å². The van der Waals surface area contributed by atoms with Crippen LogP contribution in [-0.4, -0.2) is 17.3 Å². The fraction of sp³-hybridized carbons (Fsp3) is 0.182. The van der Waals surface area contributed by atoms with Crippen LogP contribution in [0.25, 0.3) is 11.1 Å². The molecule has 4 nitrogen and oxygen atoms in total. The first-order chi connectivity index (χ1) is 7.72. The highest BCUT2D eigenvalue weighted by Crippen LogP contribution is 2.27. The minimum Gasteiger partial charge on any atom is -0.384 e.